The van der Waals surface area contributed by atoms with Gasteiger partial charge in [-0.1, -0.05) is 6.92 Å². The molecule has 2 rings (SSSR count). The van der Waals surface area contributed by atoms with Crippen LogP contribution in [0.3, 0.4) is 0 Å². The Morgan fingerprint density at radius 1 is 1.57 bits per heavy atom. The van der Waals surface area contributed by atoms with Crippen molar-refractivity contribution in [1.29, 1.82) is 0 Å². The average molecular weight is 256 g/mol. The summed E-state index contributed by atoms with van der Waals surface area (Å²) in [6, 6.07) is 2.45. The molecular weight excluding hydrogens is 242 g/mol. The van der Waals surface area contributed by atoms with Crippen LogP contribution in [-0.4, -0.2) is 11.0 Å². The van der Waals surface area contributed by atoms with E-state index in [0.717, 1.165) is 16.2 Å². The minimum atomic E-state index is 0.581. The molecule has 3 nitrogen and oxygen atoms in total. The van der Waals surface area contributed by atoms with E-state index in [1.54, 1.807) is 6.20 Å². The second kappa shape index (κ2) is 3.77. The molecule has 1 aromatic heterocycles. The number of hydrogen-bond donors (Lipinski definition) is 2. The monoisotopic (exact) mass is 255 g/mol. The normalized spacial score (nSPS) is 25.6. The van der Waals surface area contributed by atoms with Crippen molar-refractivity contribution in [3.8, 4) is 0 Å². The van der Waals surface area contributed by atoms with Crippen LogP contribution in [0.1, 0.15) is 19.8 Å². The average Bonchev–Trinajstić information content (AvgIpc) is 2.06. The maximum atomic E-state index is 5.61. The Morgan fingerprint density at radius 2 is 2.29 bits per heavy atom. The molecule has 1 heterocycles. The summed E-state index contributed by atoms with van der Waals surface area (Å²) in [5, 5.41) is 3.39. The van der Waals surface area contributed by atoms with Gasteiger partial charge in [0.05, 0.1) is 16.4 Å². The van der Waals surface area contributed by atoms with Crippen molar-refractivity contribution in [2.75, 3.05) is 11.1 Å². The van der Waals surface area contributed by atoms with Gasteiger partial charge in [0.2, 0.25) is 0 Å². The van der Waals surface area contributed by atoms with Crippen molar-refractivity contribution in [2.45, 2.75) is 25.8 Å². The molecule has 76 valence electrons. The van der Waals surface area contributed by atoms with Crippen molar-refractivity contribution in [2.24, 2.45) is 5.92 Å². The fourth-order valence-corrected chi connectivity index (χ4v) is 2.25. The lowest BCUT2D eigenvalue weighted by atomic mass is 9.82. The summed E-state index contributed by atoms with van der Waals surface area (Å²) in [7, 11) is 0. The first-order valence-electron chi connectivity index (χ1n) is 4.82. The highest BCUT2D eigenvalue weighted by atomic mass is 79.9. The van der Waals surface area contributed by atoms with Crippen molar-refractivity contribution in [3.05, 3.63) is 16.7 Å². The lowest BCUT2D eigenvalue weighted by Crippen LogP contribution is -2.34. The molecule has 0 unspecified atom stereocenters. The lowest BCUT2D eigenvalue weighted by molar-refractivity contribution is 0.308. The molecule has 0 aliphatic heterocycles. The first kappa shape index (κ1) is 9.77. The predicted molar refractivity (Wildman–Crippen MR) is 62.2 cm³/mol. The van der Waals surface area contributed by atoms with Crippen LogP contribution in [0.5, 0.6) is 0 Å². The summed E-state index contributed by atoms with van der Waals surface area (Å²) >= 11 is 3.44. The van der Waals surface area contributed by atoms with Crippen molar-refractivity contribution in [3.63, 3.8) is 0 Å². The molecule has 1 fully saturated rings. The number of nitrogen functional groups attached to an aromatic ring is 1. The van der Waals surface area contributed by atoms with Crippen molar-refractivity contribution < 1.29 is 0 Å². The van der Waals surface area contributed by atoms with Crippen LogP contribution in [0.2, 0.25) is 0 Å². The number of anilines is 2. The van der Waals surface area contributed by atoms with Crippen molar-refractivity contribution in [1.82, 2.24) is 4.98 Å². The van der Waals surface area contributed by atoms with Gasteiger partial charge >= 0.3 is 0 Å². The summed E-state index contributed by atoms with van der Waals surface area (Å²) in [6.45, 7) is 2.27. The van der Waals surface area contributed by atoms with Crippen LogP contribution < -0.4 is 11.1 Å². The van der Waals surface area contributed by atoms with E-state index < -0.39 is 0 Å². The van der Waals surface area contributed by atoms with E-state index in [-0.39, 0.29) is 0 Å². The molecule has 0 amide bonds. The number of nitrogens with zero attached hydrogens (tertiary/aromatic N) is 1. The molecular formula is C10H14BrN3. The van der Waals surface area contributed by atoms with Gasteiger partial charge in [-0.2, -0.15) is 0 Å². The van der Waals surface area contributed by atoms with Gasteiger partial charge in [-0.3, -0.25) is 0 Å². The van der Waals surface area contributed by atoms with Gasteiger partial charge in [-0.25, -0.2) is 4.98 Å². The van der Waals surface area contributed by atoms with Gasteiger partial charge in [-0.15, -0.1) is 0 Å². The molecule has 1 aliphatic rings. The smallest absolute Gasteiger partial charge is 0.140 e. The molecule has 14 heavy (non-hydrogen) atoms. The van der Waals surface area contributed by atoms with Gasteiger partial charge < -0.3 is 11.1 Å². The Bertz CT molecular complexity index is 334. The van der Waals surface area contributed by atoms with Crippen LogP contribution in [-0.2, 0) is 0 Å². The Hall–Kier alpha value is -0.770. The highest BCUT2D eigenvalue weighted by molar-refractivity contribution is 9.10. The van der Waals surface area contributed by atoms with E-state index in [4.69, 9.17) is 5.73 Å². The van der Waals surface area contributed by atoms with Crippen molar-refractivity contribution >= 4 is 27.4 Å². The Labute approximate surface area is 92.2 Å². The quantitative estimate of drug-likeness (QED) is 0.855. The molecule has 0 aromatic carbocycles. The zero-order chi connectivity index (χ0) is 10.1. The summed E-state index contributed by atoms with van der Waals surface area (Å²) in [5.74, 6) is 1.75. The Balaban J connectivity index is 2.02. The summed E-state index contributed by atoms with van der Waals surface area (Å²) in [5.41, 5.74) is 6.29. The predicted octanol–water partition coefficient (Wildman–Crippen LogP) is 2.64. The number of aromatic nitrogens is 1. The van der Waals surface area contributed by atoms with Gasteiger partial charge in [0.25, 0.3) is 0 Å². The van der Waals surface area contributed by atoms with E-state index in [2.05, 4.69) is 33.2 Å². The number of nitrogens with one attached hydrogen (secondary N) is 1. The van der Waals surface area contributed by atoms with Gasteiger partial charge in [0.1, 0.15) is 5.82 Å². The summed E-state index contributed by atoms with van der Waals surface area (Å²) < 4.78 is 0.942. The van der Waals surface area contributed by atoms with Gasteiger partial charge in [0.15, 0.2) is 0 Å². The highest BCUT2D eigenvalue weighted by Crippen LogP contribution is 2.31. The number of pyridine rings is 1. The maximum absolute atomic E-state index is 5.61. The molecule has 0 radical (unpaired) electrons. The fraction of sp³-hybridized carbons (Fsp3) is 0.500. The second-order valence-electron chi connectivity index (χ2n) is 4.02. The molecule has 1 aromatic rings. The van der Waals surface area contributed by atoms with E-state index in [1.165, 1.54) is 12.8 Å². The first-order chi connectivity index (χ1) is 6.65. The Morgan fingerprint density at radius 3 is 2.86 bits per heavy atom. The molecule has 0 bridgehead atoms. The second-order valence-corrected chi connectivity index (χ2v) is 4.87. The third-order valence-electron chi connectivity index (χ3n) is 2.58. The van der Waals surface area contributed by atoms with Crippen LogP contribution in [0, 0.1) is 5.92 Å². The number of halogens is 1. The van der Waals surface area contributed by atoms with E-state index in [9.17, 15) is 0 Å². The number of nitrogens with two attached hydrogens (primary N) is 1. The minimum Gasteiger partial charge on any atom is -0.397 e. The third-order valence-corrected chi connectivity index (χ3v) is 3.18. The summed E-state index contributed by atoms with van der Waals surface area (Å²) in [6.07, 6.45) is 4.15. The molecule has 0 saturated heterocycles. The highest BCUT2D eigenvalue weighted by Gasteiger charge is 2.25. The topological polar surface area (TPSA) is 50.9 Å². The summed E-state index contributed by atoms with van der Waals surface area (Å²) in [4.78, 5) is 4.24. The van der Waals surface area contributed by atoms with Crippen LogP contribution in [0.25, 0.3) is 0 Å². The van der Waals surface area contributed by atoms with E-state index in [0.29, 0.717) is 11.7 Å². The molecule has 1 saturated carbocycles. The molecule has 1 aliphatic carbocycles. The van der Waals surface area contributed by atoms with Gasteiger partial charge in [0, 0.05) is 6.04 Å². The lowest BCUT2D eigenvalue weighted by Gasteiger charge is -2.33. The minimum absolute atomic E-state index is 0.581. The largest absolute Gasteiger partial charge is 0.397 e. The third kappa shape index (κ3) is 2.00. The molecule has 3 N–H and O–H groups in total. The molecule has 4 heteroatoms. The SMILES string of the molecule is CC1CC(Nc2ncc(N)cc2Br)C1. The molecule has 0 spiro atoms. The molecule has 0 atom stereocenters. The standard InChI is InChI=1S/C10H14BrN3/c1-6-2-8(3-6)14-10-9(11)4-7(12)5-13-10/h4-6,8H,2-3,12H2,1H3,(H,13,14). The van der Waals surface area contributed by atoms with Crippen LogP contribution in [0.15, 0.2) is 16.7 Å². The zero-order valence-corrected chi connectivity index (χ0v) is 9.71. The van der Waals surface area contributed by atoms with E-state index >= 15 is 0 Å². The first-order valence-corrected chi connectivity index (χ1v) is 5.62. The zero-order valence-electron chi connectivity index (χ0n) is 8.13. The fourth-order valence-electron chi connectivity index (χ4n) is 1.77. The maximum Gasteiger partial charge on any atom is 0.140 e. The Kier molecular flexibility index (Phi) is 2.63. The number of hydrogen-bond acceptors (Lipinski definition) is 3. The van der Waals surface area contributed by atoms with Crippen LogP contribution >= 0.6 is 15.9 Å². The van der Waals surface area contributed by atoms with E-state index in [1.807, 2.05) is 6.07 Å². The van der Waals surface area contributed by atoms with Gasteiger partial charge in [-0.05, 0) is 40.8 Å². The van der Waals surface area contributed by atoms with Crippen LogP contribution in [0.4, 0.5) is 11.5 Å². The number of rotatable bonds is 2.